The van der Waals surface area contributed by atoms with Gasteiger partial charge in [0.2, 0.25) is 0 Å². The summed E-state index contributed by atoms with van der Waals surface area (Å²) < 4.78 is 31.3. The van der Waals surface area contributed by atoms with E-state index < -0.39 is 11.6 Å². The topological polar surface area (TPSA) is 33.0 Å². The summed E-state index contributed by atoms with van der Waals surface area (Å²) in [5, 5.41) is 8.86. The van der Waals surface area contributed by atoms with Crippen LogP contribution in [0.3, 0.4) is 0 Å². The molecule has 0 aliphatic carbocycles. The molecule has 0 saturated carbocycles. The molecular formula is C14H8ClF2NO. The lowest BCUT2D eigenvalue weighted by molar-refractivity contribution is 0.305. The highest BCUT2D eigenvalue weighted by Crippen LogP contribution is 2.25. The molecule has 2 nitrogen and oxygen atoms in total. The van der Waals surface area contributed by atoms with E-state index in [9.17, 15) is 8.78 Å². The first-order valence-corrected chi connectivity index (χ1v) is 5.74. The molecule has 0 radical (unpaired) electrons. The molecule has 5 heteroatoms. The van der Waals surface area contributed by atoms with Crippen molar-refractivity contribution >= 4 is 11.6 Å². The zero-order valence-corrected chi connectivity index (χ0v) is 10.4. The van der Waals surface area contributed by atoms with Crippen molar-refractivity contribution in [1.29, 1.82) is 5.26 Å². The average Bonchev–Trinajstić information content (AvgIpc) is 2.39. The second-order valence-corrected chi connectivity index (χ2v) is 4.20. The quantitative estimate of drug-likeness (QED) is 0.848. The van der Waals surface area contributed by atoms with Gasteiger partial charge in [-0.25, -0.2) is 8.78 Å². The number of hydrogen-bond acceptors (Lipinski definition) is 2. The summed E-state index contributed by atoms with van der Waals surface area (Å²) in [5.41, 5.74) is 0.574. The lowest BCUT2D eigenvalue weighted by atomic mass is 10.1. The van der Waals surface area contributed by atoms with Gasteiger partial charge in [0.05, 0.1) is 10.6 Å². The molecule has 2 aromatic rings. The van der Waals surface area contributed by atoms with E-state index in [1.807, 2.05) is 0 Å². The predicted molar refractivity (Wildman–Crippen MR) is 66.9 cm³/mol. The van der Waals surface area contributed by atoms with Gasteiger partial charge in [-0.05, 0) is 35.9 Å². The SMILES string of the molecule is N#Cc1cc(COc2ccc(F)cc2Cl)ccc1F. The maximum Gasteiger partial charge on any atom is 0.140 e. The summed E-state index contributed by atoms with van der Waals surface area (Å²) in [6, 6.07) is 9.63. The molecule has 0 unspecified atom stereocenters. The monoisotopic (exact) mass is 279 g/mol. The Morgan fingerprint density at radius 3 is 2.63 bits per heavy atom. The Labute approximate surface area is 113 Å². The second-order valence-electron chi connectivity index (χ2n) is 3.79. The minimum atomic E-state index is -0.578. The summed E-state index contributed by atoms with van der Waals surface area (Å²) in [6.07, 6.45) is 0. The van der Waals surface area contributed by atoms with E-state index in [-0.39, 0.29) is 17.2 Å². The third-order valence-corrected chi connectivity index (χ3v) is 2.73. The number of halogens is 3. The van der Waals surface area contributed by atoms with Crippen LogP contribution in [0.1, 0.15) is 11.1 Å². The fraction of sp³-hybridized carbons (Fsp3) is 0.0714. The Kier molecular flexibility index (Phi) is 3.98. The van der Waals surface area contributed by atoms with E-state index in [1.54, 1.807) is 6.07 Å². The van der Waals surface area contributed by atoms with E-state index in [0.29, 0.717) is 11.3 Å². The van der Waals surface area contributed by atoms with Crippen LogP contribution in [0.15, 0.2) is 36.4 Å². The van der Waals surface area contributed by atoms with Gasteiger partial charge < -0.3 is 4.74 Å². The number of hydrogen-bond donors (Lipinski definition) is 0. The van der Waals surface area contributed by atoms with Crippen LogP contribution in [0.25, 0.3) is 0 Å². The zero-order valence-electron chi connectivity index (χ0n) is 9.66. The van der Waals surface area contributed by atoms with Gasteiger partial charge in [-0.2, -0.15) is 5.26 Å². The van der Waals surface area contributed by atoms with Crippen LogP contribution in [0, 0.1) is 23.0 Å². The number of nitrogens with zero attached hydrogens (tertiary/aromatic N) is 1. The number of nitriles is 1. The zero-order chi connectivity index (χ0) is 13.8. The molecule has 0 amide bonds. The van der Waals surface area contributed by atoms with Crippen molar-refractivity contribution in [2.45, 2.75) is 6.61 Å². The molecule has 19 heavy (non-hydrogen) atoms. The summed E-state index contributed by atoms with van der Waals surface area (Å²) in [5.74, 6) is -0.706. The van der Waals surface area contributed by atoms with E-state index in [1.165, 1.54) is 30.3 Å². The van der Waals surface area contributed by atoms with Crippen LogP contribution in [-0.4, -0.2) is 0 Å². The number of rotatable bonds is 3. The van der Waals surface area contributed by atoms with Gasteiger partial charge >= 0.3 is 0 Å². The first-order chi connectivity index (χ1) is 9.10. The maximum atomic E-state index is 13.1. The predicted octanol–water partition coefficient (Wildman–Crippen LogP) is 4.07. The highest BCUT2D eigenvalue weighted by molar-refractivity contribution is 6.32. The smallest absolute Gasteiger partial charge is 0.140 e. The minimum absolute atomic E-state index is 0.0497. The molecule has 2 aromatic carbocycles. The molecule has 0 saturated heterocycles. The van der Waals surface area contributed by atoms with Gasteiger partial charge in [-0.15, -0.1) is 0 Å². The number of ether oxygens (including phenoxy) is 1. The molecule has 0 N–H and O–H groups in total. The van der Waals surface area contributed by atoms with Crippen molar-refractivity contribution < 1.29 is 13.5 Å². The van der Waals surface area contributed by atoms with E-state index in [4.69, 9.17) is 21.6 Å². The third-order valence-electron chi connectivity index (χ3n) is 2.44. The van der Waals surface area contributed by atoms with Crippen molar-refractivity contribution in [3.8, 4) is 11.8 Å². The Bertz CT molecular complexity index is 652. The summed E-state index contributed by atoms with van der Waals surface area (Å²) >= 11 is 5.80. The van der Waals surface area contributed by atoms with Crippen molar-refractivity contribution in [2.75, 3.05) is 0 Å². The van der Waals surface area contributed by atoms with Gasteiger partial charge in [0.1, 0.15) is 30.1 Å². The molecule has 0 fully saturated rings. The molecule has 0 spiro atoms. The lowest BCUT2D eigenvalue weighted by Gasteiger charge is -2.08. The largest absolute Gasteiger partial charge is 0.487 e. The second kappa shape index (κ2) is 5.68. The van der Waals surface area contributed by atoms with Crippen LogP contribution < -0.4 is 4.74 Å². The van der Waals surface area contributed by atoms with Crippen molar-refractivity contribution in [3.05, 3.63) is 64.2 Å². The molecule has 2 rings (SSSR count). The van der Waals surface area contributed by atoms with Crippen molar-refractivity contribution in [3.63, 3.8) is 0 Å². The summed E-state index contributed by atoms with van der Waals surface area (Å²) in [4.78, 5) is 0. The van der Waals surface area contributed by atoms with Crippen molar-refractivity contribution in [1.82, 2.24) is 0 Å². The van der Waals surface area contributed by atoms with E-state index in [0.717, 1.165) is 6.07 Å². The van der Waals surface area contributed by atoms with Gasteiger partial charge in [0, 0.05) is 0 Å². The number of benzene rings is 2. The lowest BCUT2D eigenvalue weighted by Crippen LogP contribution is -1.97. The summed E-state index contributed by atoms with van der Waals surface area (Å²) in [6.45, 7) is 0.111. The first-order valence-electron chi connectivity index (χ1n) is 5.36. The Morgan fingerprint density at radius 1 is 1.16 bits per heavy atom. The van der Waals surface area contributed by atoms with E-state index in [2.05, 4.69) is 0 Å². The minimum Gasteiger partial charge on any atom is -0.487 e. The first kappa shape index (κ1) is 13.3. The van der Waals surface area contributed by atoms with Crippen LogP contribution in [0.2, 0.25) is 5.02 Å². The molecule has 0 aliphatic heterocycles. The summed E-state index contributed by atoms with van der Waals surface area (Å²) in [7, 11) is 0. The van der Waals surface area contributed by atoms with Crippen molar-refractivity contribution in [2.24, 2.45) is 0 Å². The van der Waals surface area contributed by atoms with Gasteiger partial charge in [0.15, 0.2) is 0 Å². The highest BCUT2D eigenvalue weighted by Gasteiger charge is 2.06. The Morgan fingerprint density at radius 2 is 1.95 bits per heavy atom. The van der Waals surface area contributed by atoms with Crippen LogP contribution in [0.4, 0.5) is 8.78 Å². The van der Waals surface area contributed by atoms with Crippen LogP contribution >= 0.6 is 11.6 Å². The molecule has 0 heterocycles. The van der Waals surface area contributed by atoms with E-state index >= 15 is 0 Å². The highest BCUT2D eigenvalue weighted by atomic mass is 35.5. The molecule has 0 aromatic heterocycles. The molecule has 96 valence electrons. The van der Waals surface area contributed by atoms with Gasteiger partial charge in [-0.3, -0.25) is 0 Å². The normalized spacial score (nSPS) is 10.0. The van der Waals surface area contributed by atoms with Crippen LogP contribution in [0.5, 0.6) is 5.75 Å². The fourth-order valence-electron chi connectivity index (χ4n) is 1.50. The van der Waals surface area contributed by atoms with Gasteiger partial charge in [-0.1, -0.05) is 17.7 Å². The molecular weight excluding hydrogens is 272 g/mol. The molecule has 0 atom stereocenters. The molecule has 0 bridgehead atoms. The van der Waals surface area contributed by atoms with Gasteiger partial charge in [0.25, 0.3) is 0 Å². The maximum absolute atomic E-state index is 13.1. The Balaban J connectivity index is 2.13. The average molecular weight is 280 g/mol. The van der Waals surface area contributed by atoms with Crippen LogP contribution in [-0.2, 0) is 6.61 Å². The standard InChI is InChI=1S/C14H8ClF2NO/c15-12-6-11(16)2-4-14(12)19-8-9-1-3-13(17)10(5-9)7-18/h1-6H,8H2. The Hall–Kier alpha value is -2.12. The molecule has 0 aliphatic rings. The third kappa shape index (κ3) is 3.21. The fourth-order valence-corrected chi connectivity index (χ4v) is 1.72.